The van der Waals surface area contributed by atoms with Crippen molar-refractivity contribution in [1.29, 1.82) is 0 Å². The van der Waals surface area contributed by atoms with Crippen LogP contribution in [0.5, 0.6) is 0 Å². The highest BCUT2D eigenvalue weighted by molar-refractivity contribution is 7.89. The van der Waals surface area contributed by atoms with Gasteiger partial charge in [0, 0.05) is 83.6 Å². The molecular formula is C56H57ClN12O4S2. The van der Waals surface area contributed by atoms with Gasteiger partial charge in [0.05, 0.1) is 11.0 Å². The number of aromatic nitrogens is 8. The predicted octanol–water partition coefficient (Wildman–Crippen LogP) is 10.5. The van der Waals surface area contributed by atoms with Crippen LogP contribution in [0.25, 0.3) is 56.1 Å². The third kappa shape index (κ3) is 13.3. The number of fused-ring (bicyclic) bond motifs is 2. The van der Waals surface area contributed by atoms with Crippen LogP contribution < -0.4 is 20.5 Å². The standard InChI is InChI=1S/C28H28N6O2S.C21H20ClN5O2S.C7H9N/c1-28(2,3)33-37(35,36)23-16-22(18-29-19-23)27-32-31-26(30-17-20-10-6-4-7-11-20)25-24(14-15-34(25)27)21-12-8-5-9-13-21;1-21(2,3)26-30(28,29)16-11-15(12-23-13-16)20-25-24-19(22)18-17(9-10-27(18)20)14-7-5-4-6-8-14;8-6-7-4-2-1-3-5-7/h4-16,18-19,33H,17H2,1-3H3,(H,30,31);4-13,26H,1-3H3;1-5H,6,8H2. The lowest BCUT2D eigenvalue weighted by Crippen LogP contribution is -2.40. The van der Waals surface area contributed by atoms with Crippen molar-refractivity contribution in [1.82, 2.24) is 48.6 Å². The summed E-state index contributed by atoms with van der Waals surface area (Å²) in [5.74, 6) is 1.56. The average Bonchev–Trinajstić information content (AvgIpc) is 4.06. The van der Waals surface area contributed by atoms with Crippen LogP contribution in [0.1, 0.15) is 52.7 Å². The van der Waals surface area contributed by atoms with Crippen molar-refractivity contribution in [3.05, 3.63) is 199 Å². The van der Waals surface area contributed by atoms with Gasteiger partial charge in [0.15, 0.2) is 22.6 Å². The number of sulfonamides is 2. The molecule has 5 N–H and O–H groups in total. The van der Waals surface area contributed by atoms with Crippen molar-refractivity contribution >= 4 is 48.5 Å². The van der Waals surface area contributed by atoms with Gasteiger partial charge in [-0.1, -0.05) is 133 Å². The molecule has 0 aliphatic carbocycles. The van der Waals surface area contributed by atoms with E-state index in [1.165, 1.54) is 24.0 Å². The topological polar surface area (TPSA) is 217 Å². The Morgan fingerprint density at radius 1 is 0.507 bits per heavy atom. The zero-order valence-electron chi connectivity index (χ0n) is 42.2. The Bertz CT molecular complexity index is 3780. The molecular weight excluding hydrogens is 1000 g/mol. The molecule has 0 radical (unpaired) electrons. The van der Waals surface area contributed by atoms with Gasteiger partial charge in [-0.3, -0.25) is 18.8 Å². The minimum Gasteiger partial charge on any atom is -0.363 e. The summed E-state index contributed by atoms with van der Waals surface area (Å²) in [6.07, 6.45) is 9.55. The molecule has 0 fully saturated rings. The SMILES string of the molecule is CC(C)(C)NS(=O)(=O)c1cncc(-c2nnc(Cl)c3c(-c4ccccc4)ccn23)c1.CC(C)(C)NS(=O)(=O)c1cncc(-c2nnc(NCc3ccccc3)c3c(-c4ccccc4)ccn23)c1.NCc1ccccc1. The van der Waals surface area contributed by atoms with Crippen molar-refractivity contribution in [3.63, 3.8) is 0 Å². The second kappa shape index (κ2) is 22.8. The number of halogens is 1. The zero-order valence-corrected chi connectivity index (χ0v) is 44.6. The highest BCUT2D eigenvalue weighted by atomic mass is 35.5. The molecule has 6 heterocycles. The molecule has 0 saturated carbocycles. The van der Waals surface area contributed by atoms with Gasteiger partial charge in [0.2, 0.25) is 20.0 Å². The zero-order chi connectivity index (χ0) is 53.4. The monoisotopic (exact) mass is 1060 g/mol. The molecule has 19 heteroatoms. The number of benzene rings is 4. The predicted molar refractivity (Wildman–Crippen MR) is 297 cm³/mol. The summed E-state index contributed by atoms with van der Waals surface area (Å²) >= 11 is 6.37. The van der Waals surface area contributed by atoms with Gasteiger partial charge in [-0.05, 0) is 88.1 Å². The minimum absolute atomic E-state index is 0.0512. The van der Waals surface area contributed by atoms with E-state index >= 15 is 0 Å². The molecule has 0 atom stereocenters. The molecule has 10 aromatic rings. The van der Waals surface area contributed by atoms with Gasteiger partial charge in [-0.15, -0.1) is 20.4 Å². The van der Waals surface area contributed by atoms with E-state index in [0.717, 1.165) is 33.3 Å². The van der Waals surface area contributed by atoms with Crippen molar-refractivity contribution in [2.45, 2.75) is 75.5 Å². The fraction of sp³-hybridized carbons (Fsp3) is 0.179. The van der Waals surface area contributed by atoms with Gasteiger partial charge >= 0.3 is 0 Å². The van der Waals surface area contributed by atoms with Crippen LogP contribution in [0.3, 0.4) is 0 Å². The van der Waals surface area contributed by atoms with E-state index in [0.29, 0.717) is 47.2 Å². The normalized spacial score (nSPS) is 11.9. The molecule has 384 valence electrons. The number of pyridine rings is 2. The lowest BCUT2D eigenvalue weighted by Gasteiger charge is -2.20. The Hall–Kier alpha value is -7.71. The number of nitrogens with zero attached hydrogens (tertiary/aromatic N) is 8. The van der Waals surface area contributed by atoms with E-state index in [1.807, 2.05) is 150 Å². The molecule has 16 nitrogen and oxygen atoms in total. The molecule has 0 unspecified atom stereocenters. The minimum atomic E-state index is -3.77. The lowest BCUT2D eigenvalue weighted by atomic mass is 10.1. The van der Waals surface area contributed by atoms with Crippen molar-refractivity contribution in [2.24, 2.45) is 5.73 Å². The quantitative estimate of drug-likeness (QED) is 0.0899. The van der Waals surface area contributed by atoms with Crippen LogP contribution in [0.4, 0.5) is 5.82 Å². The van der Waals surface area contributed by atoms with Crippen LogP contribution in [0.2, 0.25) is 5.15 Å². The summed E-state index contributed by atoms with van der Waals surface area (Å²) in [6.45, 7) is 11.9. The van der Waals surface area contributed by atoms with Crippen LogP contribution >= 0.6 is 11.6 Å². The maximum atomic E-state index is 13.0. The Morgan fingerprint density at radius 2 is 0.920 bits per heavy atom. The van der Waals surface area contributed by atoms with Crippen molar-refractivity contribution < 1.29 is 16.8 Å². The number of hydrogen-bond acceptors (Lipinski definition) is 12. The molecule has 4 aromatic carbocycles. The van der Waals surface area contributed by atoms with Gasteiger partial charge in [0.25, 0.3) is 0 Å². The fourth-order valence-electron chi connectivity index (χ4n) is 7.96. The first-order valence-electron chi connectivity index (χ1n) is 23.8. The lowest BCUT2D eigenvalue weighted by molar-refractivity contribution is 0.489. The van der Waals surface area contributed by atoms with E-state index in [4.69, 9.17) is 17.3 Å². The number of rotatable bonds is 12. The highest BCUT2D eigenvalue weighted by Gasteiger charge is 2.26. The fourth-order valence-corrected chi connectivity index (χ4v) is 11.0. The third-order valence-electron chi connectivity index (χ3n) is 11.1. The second-order valence-electron chi connectivity index (χ2n) is 19.4. The molecule has 75 heavy (non-hydrogen) atoms. The summed E-state index contributed by atoms with van der Waals surface area (Å²) in [5, 5.41) is 21.0. The van der Waals surface area contributed by atoms with E-state index in [-0.39, 0.29) is 14.9 Å². The summed E-state index contributed by atoms with van der Waals surface area (Å²) in [4.78, 5) is 8.45. The van der Waals surface area contributed by atoms with Crippen LogP contribution in [-0.4, -0.2) is 67.1 Å². The first-order valence-corrected chi connectivity index (χ1v) is 27.2. The Kier molecular flexibility index (Phi) is 16.3. The summed E-state index contributed by atoms with van der Waals surface area (Å²) in [7, 11) is -7.51. The van der Waals surface area contributed by atoms with Crippen LogP contribution in [0.15, 0.2) is 193 Å². The molecule has 0 spiro atoms. The molecule has 0 amide bonds. The van der Waals surface area contributed by atoms with Gasteiger partial charge in [0.1, 0.15) is 9.79 Å². The molecule has 0 saturated heterocycles. The molecule has 0 aliphatic heterocycles. The maximum Gasteiger partial charge on any atom is 0.242 e. The Labute approximate surface area is 442 Å². The van der Waals surface area contributed by atoms with E-state index in [1.54, 1.807) is 64.4 Å². The third-order valence-corrected chi connectivity index (χ3v) is 14.8. The van der Waals surface area contributed by atoms with Gasteiger partial charge < -0.3 is 11.1 Å². The van der Waals surface area contributed by atoms with E-state index < -0.39 is 31.1 Å². The largest absolute Gasteiger partial charge is 0.363 e. The van der Waals surface area contributed by atoms with Gasteiger partial charge in [-0.25, -0.2) is 26.3 Å². The molecule has 10 rings (SSSR count). The highest BCUT2D eigenvalue weighted by Crippen LogP contribution is 2.35. The maximum absolute atomic E-state index is 13.0. The van der Waals surface area contributed by atoms with Crippen LogP contribution in [-0.2, 0) is 33.1 Å². The molecule has 6 aromatic heterocycles. The Balaban J connectivity index is 0.000000176. The first-order chi connectivity index (χ1) is 35.8. The Morgan fingerprint density at radius 3 is 1.36 bits per heavy atom. The van der Waals surface area contributed by atoms with Crippen LogP contribution in [0, 0.1) is 0 Å². The smallest absolute Gasteiger partial charge is 0.242 e. The van der Waals surface area contributed by atoms with Crippen molar-refractivity contribution in [3.8, 4) is 45.0 Å². The summed E-state index contributed by atoms with van der Waals surface area (Å²) in [5.41, 5.74) is 12.9. The van der Waals surface area contributed by atoms with Gasteiger partial charge in [-0.2, -0.15) is 0 Å². The van der Waals surface area contributed by atoms with E-state index in [9.17, 15) is 16.8 Å². The average molecular weight is 1060 g/mol. The number of nitrogens with one attached hydrogen (secondary N) is 3. The number of anilines is 1. The van der Waals surface area contributed by atoms with Crippen molar-refractivity contribution in [2.75, 3.05) is 5.32 Å². The first kappa shape index (κ1) is 53.6. The summed E-state index contributed by atoms with van der Waals surface area (Å²) < 4.78 is 60.4. The van der Waals surface area contributed by atoms with E-state index in [2.05, 4.69) is 45.1 Å². The number of hydrogen-bond donors (Lipinski definition) is 4. The summed E-state index contributed by atoms with van der Waals surface area (Å²) in [6, 6.07) is 47.0. The molecule has 0 aliphatic rings. The second-order valence-corrected chi connectivity index (χ2v) is 23.1. The number of nitrogens with two attached hydrogens (primary N) is 1. The molecule has 0 bridgehead atoms.